The lowest BCUT2D eigenvalue weighted by atomic mass is 9.95. The number of carbonyl (C=O) groups is 2. The molecular formula is C36H28FN3O3. The molecule has 6 aromatic rings. The second-order valence-electron chi connectivity index (χ2n) is 10.3. The van der Waals surface area contributed by atoms with Gasteiger partial charge in [0.15, 0.2) is 0 Å². The molecule has 0 aliphatic carbocycles. The largest absolute Gasteiger partial charge is 0.455 e. The predicted molar refractivity (Wildman–Crippen MR) is 169 cm³/mol. The number of hydrogen-bond donors (Lipinski definition) is 1. The lowest BCUT2D eigenvalue weighted by molar-refractivity contribution is -0.104. The van der Waals surface area contributed by atoms with Gasteiger partial charge in [-0.15, -0.1) is 0 Å². The van der Waals surface area contributed by atoms with Gasteiger partial charge in [-0.25, -0.2) is 4.39 Å². The van der Waals surface area contributed by atoms with Crippen molar-refractivity contribution in [3.63, 3.8) is 0 Å². The maximum absolute atomic E-state index is 13.7. The lowest BCUT2D eigenvalue weighted by Gasteiger charge is -2.23. The van der Waals surface area contributed by atoms with Gasteiger partial charge in [-0.1, -0.05) is 30.3 Å². The minimum absolute atomic E-state index is 0.319. The van der Waals surface area contributed by atoms with Gasteiger partial charge in [0.05, 0.1) is 16.8 Å². The summed E-state index contributed by atoms with van der Waals surface area (Å²) < 4.78 is 20.0. The standard InChI is InChI=1S/C36H28FN3O3/c1-22(15-17-41)40(3)32-21-33-30(34(36(42)38-2)35(43-33)23-9-12-28(37)13-10-23)20-29(32)26-7-4-6-24(18-26)25-11-14-31-27(19-25)8-5-16-39-31/h4-21H,1-3H3,(H,38,42)/b22-15-. The van der Waals surface area contributed by atoms with E-state index in [9.17, 15) is 14.0 Å². The molecule has 6 rings (SSSR count). The molecule has 0 bridgehead atoms. The van der Waals surface area contributed by atoms with Crippen LogP contribution in [0, 0.1) is 5.82 Å². The summed E-state index contributed by atoms with van der Waals surface area (Å²) in [6.07, 6.45) is 4.03. The van der Waals surface area contributed by atoms with Gasteiger partial charge in [0.2, 0.25) is 0 Å². The summed E-state index contributed by atoms with van der Waals surface area (Å²) in [5.41, 5.74) is 7.68. The molecule has 43 heavy (non-hydrogen) atoms. The van der Waals surface area contributed by atoms with Gasteiger partial charge in [-0.2, -0.15) is 0 Å². The van der Waals surface area contributed by atoms with E-state index in [-0.39, 0.29) is 11.7 Å². The molecule has 0 unspecified atom stereocenters. The van der Waals surface area contributed by atoms with Gasteiger partial charge in [0, 0.05) is 54.0 Å². The smallest absolute Gasteiger partial charge is 0.255 e. The average molecular weight is 570 g/mol. The fraction of sp³-hybridized carbons (Fsp3) is 0.0833. The molecule has 0 aliphatic rings. The number of furan rings is 1. The zero-order valence-electron chi connectivity index (χ0n) is 23.9. The third kappa shape index (κ3) is 5.17. The number of pyridine rings is 1. The number of aldehydes is 1. The van der Waals surface area contributed by atoms with Crippen LogP contribution >= 0.6 is 0 Å². The van der Waals surface area contributed by atoms with Crippen LogP contribution < -0.4 is 10.2 Å². The first-order valence-electron chi connectivity index (χ1n) is 13.8. The van der Waals surface area contributed by atoms with Crippen molar-refractivity contribution in [2.24, 2.45) is 0 Å². The Hall–Kier alpha value is -5.56. The molecule has 7 heteroatoms. The van der Waals surface area contributed by atoms with Gasteiger partial charge in [-0.05, 0) is 84.3 Å². The van der Waals surface area contributed by atoms with Gasteiger partial charge in [-0.3, -0.25) is 14.6 Å². The van der Waals surface area contributed by atoms with E-state index in [1.165, 1.54) is 18.2 Å². The fourth-order valence-corrected chi connectivity index (χ4v) is 5.32. The molecular weight excluding hydrogens is 541 g/mol. The number of rotatable bonds is 7. The minimum atomic E-state index is -0.382. The van der Waals surface area contributed by atoms with Crippen molar-refractivity contribution in [2.75, 3.05) is 19.0 Å². The molecule has 4 aromatic carbocycles. The Labute approximate surface area is 248 Å². The number of aromatic nitrogens is 1. The summed E-state index contributed by atoms with van der Waals surface area (Å²) in [5.74, 6) is -0.355. The Kier molecular flexibility index (Phi) is 7.30. The van der Waals surface area contributed by atoms with Crippen LogP contribution in [0.5, 0.6) is 0 Å². The van der Waals surface area contributed by atoms with Crippen LogP contribution in [0.4, 0.5) is 10.1 Å². The monoisotopic (exact) mass is 569 g/mol. The van der Waals surface area contributed by atoms with Crippen molar-refractivity contribution in [3.8, 4) is 33.6 Å². The van der Waals surface area contributed by atoms with E-state index in [4.69, 9.17) is 4.42 Å². The van der Waals surface area contributed by atoms with E-state index >= 15 is 0 Å². The summed E-state index contributed by atoms with van der Waals surface area (Å²) in [4.78, 5) is 30.9. The van der Waals surface area contributed by atoms with Crippen molar-refractivity contribution >= 4 is 39.8 Å². The molecule has 2 heterocycles. The number of fused-ring (bicyclic) bond motifs is 2. The maximum Gasteiger partial charge on any atom is 0.255 e. The third-order valence-corrected chi connectivity index (χ3v) is 7.68. The zero-order valence-corrected chi connectivity index (χ0v) is 23.9. The molecule has 212 valence electrons. The summed E-state index contributed by atoms with van der Waals surface area (Å²) in [6, 6.07) is 28.0. The Morgan fingerprint density at radius 3 is 2.42 bits per heavy atom. The molecule has 0 spiro atoms. The van der Waals surface area contributed by atoms with Crippen LogP contribution in [0.2, 0.25) is 0 Å². The number of amides is 1. The molecule has 6 nitrogen and oxygen atoms in total. The van der Waals surface area contributed by atoms with E-state index in [1.807, 2.05) is 61.3 Å². The molecule has 0 saturated heterocycles. The van der Waals surface area contributed by atoms with Gasteiger partial charge >= 0.3 is 0 Å². The van der Waals surface area contributed by atoms with E-state index in [2.05, 4.69) is 34.6 Å². The molecule has 0 radical (unpaired) electrons. The lowest BCUT2D eigenvalue weighted by Crippen LogP contribution is -2.18. The van der Waals surface area contributed by atoms with Crippen LogP contribution in [-0.4, -0.2) is 31.3 Å². The summed E-state index contributed by atoms with van der Waals surface area (Å²) >= 11 is 0. The van der Waals surface area contributed by atoms with E-state index in [0.29, 0.717) is 27.9 Å². The molecule has 2 aromatic heterocycles. The number of nitrogens with one attached hydrogen (secondary N) is 1. The van der Waals surface area contributed by atoms with Crippen molar-refractivity contribution in [3.05, 3.63) is 120 Å². The first kappa shape index (κ1) is 27.6. The topological polar surface area (TPSA) is 75.4 Å². The van der Waals surface area contributed by atoms with Crippen LogP contribution in [0.15, 0.2) is 113 Å². The SMILES string of the molecule is CNC(=O)c1c(-c2ccc(F)cc2)oc2cc(N(C)/C(C)=C\C=O)c(-c3cccc(-c4ccc5ncccc5c4)c3)cc12. The number of carbonyl (C=O) groups excluding carboxylic acids is 2. The predicted octanol–water partition coefficient (Wildman–Crippen LogP) is 8.02. The number of nitrogens with zero attached hydrogens (tertiary/aromatic N) is 2. The second kappa shape index (κ2) is 11.4. The van der Waals surface area contributed by atoms with Gasteiger partial charge in [0.25, 0.3) is 5.91 Å². The zero-order chi connectivity index (χ0) is 30.1. The number of halogens is 1. The third-order valence-electron chi connectivity index (χ3n) is 7.68. The summed E-state index contributed by atoms with van der Waals surface area (Å²) in [6.45, 7) is 1.85. The normalized spacial score (nSPS) is 11.6. The highest BCUT2D eigenvalue weighted by atomic mass is 19.1. The number of benzene rings is 4. The van der Waals surface area contributed by atoms with Crippen LogP contribution in [0.25, 0.3) is 55.4 Å². The molecule has 0 saturated carbocycles. The molecule has 0 fully saturated rings. The van der Waals surface area contributed by atoms with Crippen LogP contribution in [0.1, 0.15) is 17.3 Å². The number of anilines is 1. The Morgan fingerprint density at radius 2 is 1.65 bits per heavy atom. The highest BCUT2D eigenvalue weighted by molar-refractivity contribution is 6.13. The number of allylic oxidation sites excluding steroid dienone is 2. The quantitative estimate of drug-likeness (QED) is 0.156. The molecule has 1 N–H and O–H groups in total. The first-order valence-corrected chi connectivity index (χ1v) is 13.8. The van der Waals surface area contributed by atoms with Gasteiger partial charge in [0.1, 0.15) is 23.4 Å². The molecule has 0 aliphatic heterocycles. The Balaban J connectivity index is 1.59. The minimum Gasteiger partial charge on any atom is -0.455 e. The highest BCUT2D eigenvalue weighted by Gasteiger charge is 2.24. The van der Waals surface area contributed by atoms with Crippen LogP contribution in [-0.2, 0) is 4.79 Å². The van der Waals surface area contributed by atoms with Gasteiger partial charge < -0.3 is 14.6 Å². The van der Waals surface area contributed by atoms with E-state index in [0.717, 1.165) is 50.8 Å². The first-order chi connectivity index (χ1) is 20.9. The highest BCUT2D eigenvalue weighted by Crippen LogP contribution is 2.42. The van der Waals surface area contributed by atoms with Crippen LogP contribution in [0.3, 0.4) is 0 Å². The van der Waals surface area contributed by atoms with E-state index < -0.39 is 0 Å². The number of hydrogen-bond acceptors (Lipinski definition) is 5. The van der Waals surface area contributed by atoms with Crippen molar-refractivity contribution in [1.29, 1.82) is 0 Å². The summed E-state index contributed by atoms with van der Waals surface area (Å²) in [5, 5.41) is 4.38. The maximum atomic E-state index is 13.7. The Bertz CT molecular complexity index is 2040. The van der Waals surface area contributed by atoms with Crippen molar-refractivity contribution in [1.82, 2.24) is 10.3 Å². The molecule has 0 atom stereocenters. The van der Waals surface area contributed by atoms with Crippen molar-refractivity contribution < 1.29 is 18.4 Å². The average Bonchev–Trinajstić information content (AvgIpc) is 3.42. The molecule has 1 amide bonds. The van der Waals surface area contributed by atoms with Crippen molar-refractivity contribution in [2.45, 2.75) is 6.92 Å². The Morgan fingerprint density at radius 1 is 0.907 bits per heavy atom. The second-order valence-corrected chi connectivity index (χ2v) is 10.3. The summed E-state index contributed by atoms with van der Waals surface area (Å²) in [7, 11) is 3.44. The van der Waals surface area contributed by atoms with E-state index in [1.54, 1.807) is 25.4 Å². The fourth-order valence-electron chi connectivity index (χ4n) is 5.32.